The summed E-state index contributed by atoms with van der Waals surface area (Å²) >= 11 is 5.37. The Kier molecular flexibility index (Phi) is 4.92. The molecule has 2 nitrogen and oxygen atoms in total. The number of benzene rings is 1. The topological polar surface area (TPSA) is 26.3 Å². The molecule has 0 N–H and O–H groups in total. The van der Waals surface area contributed by atoms with Crippen LogP contribution in [0.15, 0.2) is 12.1 Å². The Bertz CT molecular complexity index is 466. The van der Waals surface area contributed by atoms with E-state index in [4.69, 9.17) is 11.6 Å². The maximum absolute atomic E-state index is 13.3. The highest BCUT2D eigenvalue weighted by molar-refractivity contribution is 6.17. The number of ether oxygens (including phenoxy) is 1. The average molecular weight is 259 g/mol. The van der Waals surface area contributed by atoms with Crippen molar-refractivity contribution < 1.29 is 18.3 Å². The molecule has 0 aromatic heterocycles. The van der Waals surface area contributed by atoms with Crippen LogP contribution in [0.4, 0.5) is 8.78 Å². The van der Waals surface area contributed by atoms with Crippen LogP contribution < -0.4 is 0 Å². The molecule has 0 heterocycles. The van der Waals surface area contributed by atoms with Gasteiger partial charge in [-0.3, -0.25) is 0 Å². The Morgan fingerprint density at radius 2 is 2.00 bits per heavy atom. The summed E-state index contributed by atoms with van der Waals surface area (Å²) in [6.07, 6.45) is 0. The molecule has 90 valence electrons. The van der Waals surface area contributed by atoms with E-state index in [1.54, 1.807) is 6.92 Å². The van der Waals surface area contributed by atoms with Crippen molar-refractivity contribution in [3.8, 4) is 11.8 Å². The zero-order chi connectivity index (χ0) is 12.8. The van der Waals surface area contributed by atoms with Crippen LogP contribution in [0.1, 0.15) is 18.1 Å². The Morgan fingerprint density at radius 3 is 2.47 bits per heavy atom. The van der Waals surface area contributed by atoms with E-state index in [2.05, 4.69) is 16.6 Å². The van der Waals surface area contributed by atoms with Crippen molar-refractivity contribution in [1.82, 2.24) is 0 Å². The van der Waals surface area contributed by atoms with E-state index >= 15 is 0 Å². The fourth-order valence-corrected chi connectivity index (χ4v) is 1.35. The van der Waals surface area contributed by atoms with Crippen LogP contribution in [0.5, 0.6) is 0 Å². The Morgan fingerprint density at radius 1 is 1.41 bits per heavy atom. The number of hydrogen-bond donors (Lipinski definition) is 0. The molecule has 1 aromatic rings. The quantitative estimate of drug-likeness (QED) is 0.463. The van der Waals surface area contributed by atoms with Crippen LogP contribution in [-0.4, -0.2) is 12.6 Å². The Labute approximate surface area is 103 Å². The molecule has 1 aromatic carbocycles. The van der Waals surface area contributed by atoms with E-state index in [1.807, 2.05) is 0 Å². The summed E-state index contributed by atoms with van der Waals surface area (Å²) in [7, 11) is 0. The lowest BCUT2D eigenvalue weighted by atomic mass is 10.1. The molecule has 0 spiro atoms. The number of carbonyl (C=O) groups excluding carboxylic acids is 1. The predicted molar refractivity (Wildman–Crippen MR) is 59.4 cm³/mol. The van der Waals surface area contributed by atoms with Gasteiger partial charge < -0.3 is 4.74 Å². The second kappa shape index (κ2) is 6.21. The molecule has 0 saturated heterocycles. The smallest absolute Gasteiger partial charge is 0.384 e. The Balaban J connectivity index is 2.97. The first kappa shape index (κ1) is 13.5. The zero-order valence-corrected chi connectivity index (χ0v) is 9.78. The minimum atomic E-state index is -0.784. The SMILES string of the molecule is CCOC(=O)C#Cc1cc(F)c(CCl)c(F)c1. The summed E-state index contributed by atoms with van der Waals surface area (Å²) in [6, 6.07) is 2.04. The fraction of sp³-hybridized carbons (Fsp3) is 0.250. The molecule has 17 heavy (non-hydrogen) atoms. The van der Waals surface area contributed by atoms with Gasteiger partial charge >= 0.3 is 5.97 Å². The molecule has 0 fully saturated rings. The number of halogens is 3. The highest BCUT2D eigenvalue weighted by Crippen LogP contribution is 2.16. The largest absolute Gasteiger partial charge is 0.456 e. The van der Waals surface area contributed by atoms with Crippen LogP contribution in [0, 0.1) is 23.5 Å². The van der Waals surface area contributed by atoms with Crippen LogP contribution >= 0.6 is 11.6 Å². The van der Waals surface area contributed by atoms with Gasteiger partial charge in [0.25, 0.3) is 0 Å². The van der Waals surface area contributed by atoms with Crippen molar-refractivity contribution in [3.05, 3.63) is 34.9 Å². The molecule has 0 radical (unpaired) electrons. The van der Waals surface area contributed by atoms with Gasteiger partial charge in [-0.2, -0.15) is 0 Å². The molecule has 0 bridgehead atoms. The van der Waals surface area contributed by atoms with Gasteiger partial charge in [0.15, 0.2) is 0 Å². The molecule has 1 rings (SSSR count). The molecular weight excluding hydrogens is 250 g/mol. The summed E-state index contributed by atoms with van der Waals surface area (Å²) in [5, 5.41) is 0. The maximum Gasteiger partial charge on any atom is 0.384 e. The van der Waals surface area contributed by atoms with Gasteiger partial charge in [0, 0.05) is 17.0 Å². The Hall–Kier alpha value is -1.60. The highest BCUT2D eigenvalue weighted by Gasteiger charge is 2.09. The lowest BCUT2D eigenvalue weighted by molar-refractivity contribution is -0.136. The van der Waals surface area contributed by atoms with Gasteiger partial charge in [-0.15, -0.1) is 11.6 Å². The summed E-state index contributed by atoms with van der Waals surface area (Å²) < 4.78 is 31.1. The number of esters is 1. The lowest BCUT2D eigenvalue weighted by Gasteiger charge is -2.01. The molecule has 0 aliphatic carbocycles. The molecular formula is C12H9ClF2O2. The molecule has 0 aliphatic rings. The normalized spacial score (nSPS) is 9.41. The van der Waals surface area contributed by atoms with Gasteiger partial charge in [-0.05, 0) is 19.1 Å². The number of carbonyl (C=O) groups is 1. The average Bonchev–Trinajstić information content (AvgIpc) is 2.26. The monoisotopic (exact) mass is 258 g/mol. The molecule has 0 unspecified atom stereocenters. The number of alkyl halides is 1. The number of hydrogen-bond acceptors (Lipinski definition) is 2. The van der Waals surface area contributed by atoms with Crippen molar-refractivity contribution in [3.63, 3.8) is 0 Å². The minimum Gasteiger partial charge on any atom is -0.456 e. The molecule has 0 aliphatic heterocycles. The summed E-state index contributed by atoms with van der Waals surface area (Å²) in [6.45, 7) is 1.83. The molecule has 0 amide bonds. The maximum atomic E-state index is 13.3. The van der Waals surface area contributed by atoms with E-state index in [9.17, 15) is 13.6 Å². The fourth-order valence-electron chi connectivity index (χ4n) is 1.09. The van der Waals surface area contributed by atoms with E-state index in [0.717, 1.165) is 12.1 Å². The first-order valence-corrected chi connectivity index (χ1v) is 5.34. The molecule has 5 heteroatoms. The van der Waals surface area contributed by atoms with Crippen molar-refractivity contribution in [2.45, 2.75) is 12.8 Å². The van der Waals surface area contributed by atoms with Crippen molar-refractivity contribution >= 4 is 17.6 Å². The summed E-state index contributed by atoms with van der Waals surface area (Å²) in [5.41, 5.74) is -0.157. The third-order valence-electron chi connectivity index (χ3n) is 1.86. The van der Waals surface area contributed by atoms with E-state index < -0.39 is 17.6 Å². The van der Waals surface area contributed by atoms with E-state index in [1.165, 1.54) is 0 Å². The van der Waals surface area contributed by atoms with Gasteiger partial charge in [-0.25, -0.2) is 13.6 Å². The molecule has 0 saturated carbocycles. The van der Waals surface area contributed by atoms with Crippen LogP contribution in [-0.2, 0) is 15.4 Å². The third kappa shape index (κ3) is 3.72. The second-order valence-corrected chi connectivity index (χ2v) is 3.29. The molecule has 0 atom stereocenters. The summed E-state index contributed by atoms with van der Waals surface area (Å²) in [5.74, 6) is 1.86. The summed E-state index contributed by atoms with van der Waals surface area (Å²) in [4.78, 5) is 10.9. The van der Waals surface area contributed by atoms with Crippen molar-refractivity contribution in [1.29, 1.82) is 0 Å². The standard InChI is InChI=1S/C12H9ClF2O2/c1-2-17-12(16)4-3-8-5-10(14)9(7-13)11(15)6-8/h5-6H,2,7H2,1H3. The lowest BCUT2D eigenvalue weighted by Crippen LogP contribution is -2.00. The van der Waals surface area contributed by atoms with E-state index in [-0.39, 0.29) is 23.6 Å². The van der Waals surface area contributed by atoms with Crippen molar-refractivity contribution in [2.75, 3.05) is 6.61 Å². The van der Waals surface area contributed by atoms with Crippen molar-refractivity contribution in [2.24, 2.45) is 0 Å². The van der Waals surface area contributed by atoms with Crippen LogP contribution in [0.25, 0.3) is 0 Å². The van der Waals surface area contributed by atoms with Gasteiger partial charge in [0.2, 0.25) is 0 Å². The van der Waals surface area contributed by atoms with Gasteiger partial charge in [0.1, 0.15) is 11.6 Å². The van der Waals surface area contributed by atoms with Crippen LogP contribution in [0.3, 0.4) is 0 Å². The number of rotatable bonds is 2. The van der Waals surface area contributed by atoms with Gasteiger partial charge in [-0.1, -0.05) is 5.92 Å². The first-order chi connectivity index (χ1) is 8.08. The zero-order valence-electron chi connectivity index (χ0n) is 9.02. The first-order valence-electron chi connectivity index (χ1n) is 4.81. The predicted octanol–water partition coefficient (Wildman–Crippen LogP) is 2.62. The van der Waals surface area contributed by atoms with E-state index in [0.29, 0.717) is 0 Å². The second-order valence-electron chi connectivity index (χ2n) is 3.02. The highest BCUT2D eigenvalue weighted by atomic mass is 35.5. The van der Waals surface area contributed by atoms with Crippen LogP contribution in [0.2, 0.25) is 0 Å². The minimum absolute atomic E-state index is 0.0573. The van der Waals surface area contributed by atoms with Gasteiger partial charge in [0.05, 0.1) is 12.5 Å². The third-order valence-corrected chi connectivity index (χ3v) is 2.13.